The Labute approximate surface area is 95.8 Å². The molecule has 0 spiro atoms. The van der Waals surface area contributed by atoms with Crippen LogP contribution in [0, 0.1) is 0 Å². The Morgan fingerprint density at radius 2 is 1.94 bits per heavy atom. The zero-order valence-corrected chi connectivity index (χ0v) is 9.93. The summed E-state index contributed by atoms with van der Waals surface area (Å²) >= 11 is 0. The van der Waals surface area contributed by atoms with Crippen LogP contribution in [-0.4, -0.2) is 37.5 Å². The molecule has 2 saturated heterocycles. The molecule has 2 aliphatic heterocycles. The Balaban J connectivity index is 2.20. The molecule has 4 atom stereocenters. The predicted molar refractivity (Wildman–Crippen MR) is 58.8 cm³/mol. The SMILES string of the molecule is C=CC(=C)[C@H]1O[C@H](OC)[C@H]2OC(C)(C)O[C@H]21. The van der Waals surface area contributed by atoms with Gasteiger partial charge in [0.2, 0.25) is 0 Å². The number of hydrogen-bond acceptors (Lipinski definition) is 4. The molecule has 0 aliphatic carbocycles. The predicted octanol–water partition coefficient (Wildman–Crippen LogP) is 1.62. The Morgan fingerprint density at radius 1 is 1.31 bits per heavy atom. The minimum atomic E-state index is -0.602. The second kappa shape index (κ2) is 3.96. The summed E-state index contributed by atoms with van der Waals surface area (Å²) in [7, 11) is 1.59. The van der Waals surface area contributed by atoms with E-state index in [0.29, 0.717) is 0 Å². The van der Waals surface area contributed by atoms with Crippen molar-refractivity contribution in [2.75, 3.05) is 7.11 Å². The van der Waals surface area contributed by atoms with E-state index in [-0.39, 0.29) is 18.3 Å². The molecule has 4 heteroatoms. The summed E-state index contributed by atoms with van der Waals surface area (Å²) in [5, 5.41) is 0. The molecular formula is C12H18O4. The fraction of sp³-hybridized carbons (Fsp3) is 0.667. The van der Waals surface area contributed by atoms with Crippen LogP contribution >= 0.6 is 0 Å². The third-order valence-electron chi connectivity index (χ3n) is 2.87. The quantitative estimate of drug-likeness (QED) is 0.685. The van der Waals surface area contributed by atoms with E-state index in [4.69, 9.17) is 18.9 Å². The van der Waals surface area contributed by atoms with Crippen molar-refractivity contribution in [3.8, 4) is 0 Å². The van der Waals surface area contributed by atoms with Gasteiger partial charge in [0.1, 0.15) is 18.3 Å². The molecule has 0 radical (unpaired) electrons. The van der Waals surface area contributed by atoms with Crippen LogP contribution in [0.1, 0.15) is 13.8 Å². The molecule has 2 fully saturated rings. The summed E-state index contributed by atoms with van der Waals surface area (Å²) in [6.45, 7) is 11.3. The van der Waals surface area contributed by atoms with Gasteiger partial charge in [-0.1, -0.05) is 19.2 Å². The van der Waals surface area contributed by atoms with Crippen molar-refractivity contribution in [3.63, 3.8) is 0 Å². The van der Waals surface area contributed by atoms with Crippen molar-refractivity contribution in [1.29, 1.82) is 0 Å². The van der Waals surface area contributed by atoms with Crippen molar-refractivity contribution in [1.82, 2.24) is 0 Å². The Morgan fingerprint density at radius 3 is 2.50 bits per heavy atom. The first-order chi connectivity index (χ1) is 7.48. The van der Waals surface area contributed by atoms with Crippen LogP contribution in [0.15, 0.2) is 24.8 Å². The summed E-state index contributed by atoms with van der Waals surface area (Å²) in [5.74, 6) is -0.602. The summed E-state index contributed by atoms with van der Waals surface area (Å²) in [4.78, 5) is 0. The summed E-state index contributed by atoms with van der Waals surface area (Å²) in [6, 6.07) is 0. The van der Waals surface area contributed by atoms with Crippen LogP contribution in [-0.2, 0) is 18.9 Å². The normalized spacial score (nSPS) is 40.7. The lowest BCUT2D eigenvalue weighted by Crippen LogP contribution is -2.30. The van der Waals surface area contributed by atoms with Crippen molar-refractivity contribution >= 4 is 0 Å². The van der Waals surface area contributed by atoms with Gasteiger partial charge >= 0.3 is 0 Å². The van der Waals surface area contributed by atoms with Crippen LogP contribution in [0.3, 0.4) is 0 Å². The maximum atomic E-state index is 5.80. The third-order valence-corrected chi connectivity index (χ3v) is 2.87. The van der Waals surface area contributed by atoms with Crippen molar-refractivity contribution in [2.24, 2.45) is 0 Å². The van der Waals surface area contributed by atoms with Gasteiger partial charge in [-0.2, -0.15) is 0 Å². The van der Waals surface area contributed by atoms with Gasteiger partial charge in [-0.3, -0.25) is 0 Å². The second-order valence-electron chi connectivity index (χ2n) is 4.50. The van der Waals surface area contributed by atoms with Crippen molar-refractivity contribution in [3.05, 3.63) is 24.8 Å². The largest absolute Gasteiger partial charge is 0.353 e. The first-order valence-corrected chi connectivity index (χ1v) is 5.33. The highest BCUT2D eigenvalue weighted by molar-refractivity contribution is 5.22. The molecule has 2 rings (SSSR count). The minimum absolute atomic E-state index is 0.176. The molecule has 16 heavy (non-hydrogen) atoms. The number of ether oxygens (including phenoxy) is 4. The van der Waals surface area contributed by atoms with Gasteiger partial charge in [0.25, 0.3) is 0 Å². The van der Waals surface area contributed by atoms with Gasteiger partial charge in [0.05, 0.1) is 0 Å². The lowest BCUT2D eigenvalue weighted by molar-refractivity contribution is -0.222. The van der Waals surface area contributed by atoms with E-state index in [0.717, 1.165) is 5.57 Å². The monoisotopic (exact) mass is 226 g/mol. The van der Waals surface area contributed by atoms with Gasteiger partial charge in [-0.25, -0.2) is 0 Å². The minimum Gasteiger partial charge on any atom is -0.353 e. The van der Waals surface area contributed by atoms with Crippen LogP contribution in [0.4, 0.5) is 0 Å². The van der Waals surface area contributed by atoms with E-state index in [1.54, 1.807) is 13.2 Å². The summed E-state index contributed by atoms with van der Waals surface area (Å²) < 4.78 is 22.5. The highest BCUT2D eigenvalue weighted by Gasteiger charge is 2.55. The van der Waals surface area contributed by atoms with E-state index >= 15 is 0 Å². The van der Waals surface area contributed by atoms with Gasteiger partial charge in [-0.05, 0) is 19.4 Å². The molecule has 0 N–H and O–H groups in total. The smallest absolute Gasteiger partial charge is 0.187 e. The molecule has 90 valence electrons. The van der Waals surface area contributed by atoms with E-state index < -0.39 is 12.1 Å². The molecular weight excluding hydrogens is 208 g/mol. The first kappa shape index (κ1) is 11.8. The average Bonchev–Trinajstić information content (AvgIpc) is 2.69. The maximum absolute atomic E-state index is 5.80. The molecule has 4 nitrogen and oxygen atoms in total. The van der Waals surface area contributed by atoms with E-state index in [9.17, 15) is 0 Å². The Hall–Kier alpha value is -0.680. The van der Waals surface area contributed by atoms with Crippen molar-refractivity contribution < 1.29 is 18.9 Å². The zero-order chi connectivity index (χ0) is 11.9. The van der Waals surface area contributed by atoms with Crippen LogP contribution in [0.2, 0.25) is 0 Å². The fourth-order valence-corrected chi connectivity index (χ4v) is 2.17. The molecule has 0 amide bonds. The van der Waals surface area contributed by atoms with Crippen molar-refractivity contribution in [2.45, 2.75) is 44.2 Å². The Bertz CT molecular complexity index is 310. The van der Waals surface area contributed by atoms with Crippen LogP contribution < -0.4 is 0 Å². The van der Waals surface area contributed by atoms with Gasteiger partial charge in [-0.15, -0.1) is 0 Å². The standard InChI is InChI=1S/C12H18O4/c1-6-7(2)8-9-10(11(13-5)14-8)16-12(3,4)15-9/h6,8-11H,1-2H2,3-5H3/t8-,9+,10+,11+/m1/s1. The van der Waals surface area contributed by atoms with E-state index in [1.165, 1.54) is 0 Å². The highest BCUT2D eigenvalue weighted by atomic mass is 16.8. The molecule has 0 bridgehead atoms. The second-order valence-corrected chi connectivity index (χ2v) is 4.50. The first-order valence-electron chi connectivity index (χ1n) is 5.33. The topological polar surface area (TPSA) is 36.9 Å². The lowest BCUT2D eigenvalue weighted by Gasteiger charge is -2.23. The summed E-state index contributed by atoms with van der Waals surface area (Å²) in [5.41, 5.74) is 0.788. The fourth-order valence-electron chi connectivity index (χ4n) is 2.17. The lowest BCUT2D eigenvalue weighted by atomic mass is 10.0. The Kier molecular flexibility index (Phi) is 2.92. The molecule has 2 aliphatic rings. The molecule has 0 aromatic rings. The van der Waals surface area contributed by atoms with E-state index in [1.807, 2.05) is 13.8 Å². The number of rotatable bonds is 3. The number of hydrogen-bond donors (Lipinski definition) is 0. The highest BCUT2D eigenvalue weighted by Crippen LogP contribution is 2.40. The molecule has 0 aromatic heterocycles. The van der Waals surface area contributed by atoms with Gasteiger partial charge in [0.15, 0.2) is 12.1 Å². The maximum Gasteiger partial charge on any atom is 0.187 e. The molecule has 0 saturated carbocycles. The summed E-state index contributed by atoms with van der Waals surface area (Å²) in [6.07, 6.45) is 0.642. The molecule has 2 heterocycles. The molecule has 0 aromatic carbocycles. The zero-order valence-electron chi connectivity index (χ0n) is 9.93. The average molecular weight is 226 g/mol. The van der Waals surface area contributed by atoms with Crippen LogP contribution in [0.5, 0.6) is 0 Å². The number of methoxy groups -OCH3 is 1. The van der Waals surface area contributed by atoms with Gasteiger partial charge in [0, 0.05) is 7.11 Å². The van der Waals surface area contributed by atoms with E-state index in [2.05, 4.69) is 13.2 Å². The number of fused-ring (bicyclic) bond motifs is 1. The molecule has 0 unspecified atom stereocenters. The third kappa shape index (κ3) is 1.82. The van der Waals surface area contributed by atoms with Crippen LogP contribution in [0.25, 0.3) is 0 Å². The van der Waals surface area contributed by atoms with Gasteiger partial charge < -0.3 is 18.9 Å².